The molecule has 4 rings (SSSR count). The number of ether oxygens (including phenoxy) is 6. The minimum Gasteiger partial charge on any atom is -0.496 e. The van der Waals surface area contributed by atoms with E-state index in [1.165, 1.54) is 27.7 Å². The molecule has 1 aromatic heterocycles. The number of rotatable bonds is 9. The first kappa shape index (κ1) is 30.0. The molecule has 1 aliphatic rings. The molecule has 5 atom stereocenters. The van der Waals surface area contributed by atoms with E-state index in [4.69, 9.17) is 28.4 Å². The number of fused-ring (bicyclic) bond motifs is 1. The standard InChI is InChI=1S/C30H32O10S/c1-16(31)36-15-25-28(37-17(2)32)30(39-19(4)34)29(38-18(3)33)27(40-25)24-14-20(13-21-9-8-12-41-21)26(35-5)23-11-7-6-10-22(23)24/h6-12,14,25,27-30H,13,15H2,1-5H3/t25-,27+,28-,29+,30+/m1/s1. The summed E-state index contributed by atoms with van der Waals surface area (Å²) in [5, 5.41) is 3.54. The lowest BCUT2D eigenvalue weighted by Gasteiger charge is -2.45. The maximum Gasteiger partial charge on any atom is 0.303 e. The first-order valence-electron chi connectivity index (χ1n) is 13.0. The van der Waals surface area contributed by atoms with Crippen molar-refractivity contribution < 1.29 is 47.6 Å². The number of methoxy groups -OCH3 is 1. The molecule has 0 aliphatic carbocycles. The van der Waals surface area contributed by atoms with Crippen LogP contribution in [-0.2, 0) is 49.3 Å². The highest BCUT2D eigenvalue weighted by Crippen LogP contribution is 2.43. The number of thiophene rings is 1. The number of carbonyl (C=O) groups is 4. The molecular formula is C30H32O10S. The van der Waals surface area contributed by atoms with Gasteiger partial charge in [-0.3, -0.25) is 19.2 Å². The van der Waals surface area contributed by atoms with E-state index in [0.717, 1.165) is 21.2 Å². The molecule has 1 aliphatic heterocycles. The Morgan fingerprint density at radius 2 is 1.44 bits per heavy atom. The fourth-order valence-corrected chi connectivity index (χ4v) is 5.85. The van der Waals surface area contributed by atoms with Crippen molar-refractivity contribution >= 4 is 46.0 Å². The van der Waals surface area contributed by atoms with E-state index in [2.05, 4.69) is 0 Å². The molecule has 11 heteroatoms. The van der Waals surface area contributed by atoms with Crippen molar-refractivity contribution in [2.45, 2.75) is 64.6 Å². The van der Waals surface area contributed by atoms with Gasteiger partial charge in [-0.2, -0.15) is 0 Å². The summed E-state index contributed by atoms with van der Waals surface area (Å²) in [6, 6.07) is 13.5. The summed E-state index contributed by atoms with van der Waals surface area (Å²) in [6.07, 6.45) is -5.20. The van der Waals surface area contributed by atoms with Crippen molar-refractivity contribution in [2.24, 2.45) is 0 Å². The SMILES string of the molecule is COc1c(Cc2cccs2)cc([C@@H]2O[C@H](COC(C)=O)[C@@H](OC(C)=O)[C@H](OC(C)=O)[C@H]2OC(C)=O)c2ccccc12. The highest BCUT2D eigenvalue weighted by atomic mass is 32.1. The number of hydrogen-bond acceptors (Lipinski definition) is 11. The van der Waals surface area contributed by atoms with Crippen molar-refractivity contribution in [3.8, 4) is 5.75 Å². The second kappa shape index (κ2) is 13.1. The molecule has 218 valence electrons. The van der Waals surface area contributed by atoms with Crippen LogP contribution in [-0.4, -0.2) is 62.0 Å². The van der Waals surface area contributed by atoms with Gasteiger partial charge in [0.15, 0.2) is 18.3 Å². The maximum atomic E-state index is 12.4. The molecule has 0 amide bonds. The third kappa shape index (κ3) is 7.04. The van der Waals surface area contributed by atoms with Crippen molar-refractivity contribution in [1.82, 2.24) is 0 Å². The van der Waals surface area contributed by atoms with E-state index in [1.807, 2.05) is 47.8 Å². The van der Waals surface area contributed by atoms with Crippen LogP contribution in [0.5, 0.6) is 5.75 Å². The normalized spacial score (nSPS) is 22.0. The summed E-state index contributed by atoms with van der Waals surface area (Å²) in [4.78, 5) is 49.6. The molecule has 41 heavy (non-hydrogen) atoms. The summed E-state index contributed by atoms with van der Waals surface area (Å²) >= 11 is 1.61. The summed E-state index contributed by atoms with van der Waals surface area (Å²) in [5.41, 5.74) is 1.49. The van der Waals surface area contributed by atoms with Gasteiger partial charge in [0.25, 0.3) is 0 Å². The van der Waals surface area contributed by atoms with Crippen molar-refractivity contribution in [1.29, 1.82) is 0 Å². The lowest BCUT2D eigenvalue weighted by Crippen LogP contribution is -2.59. The summed E-state index contributed by atoms with van der Waals surface area (Å²) in [5.74, 6) is -1.92. The van der Waals surface area contributed by atoms with Gasteiger partial charge in [0.2, 0.25) is 0 Å². The van der Waals surface area contributed by atoms with Crippen LogP contribution >= 0.6 is 11.3 Å². The average molecular weight is 585 g/mol. The molecule has 1 saturated heterocycles. The first-order valence-corrected chi connectivity index (χ1v) is 13.9. The molecule has 0 saturated carbocycles. The molecule has 0 unspecified atom stereocenters. The minimum atomic E-state index is -1.26. The fourth-order valence-electron chi connectivity index (χ4n) is 5.12. The van der Waals surface area contributed by atoms with Crippen LogP contribution < -0.4 is 4.74 Å². The second-order valence-corrected chi connectivity index (χ2v) is 10.6. The maximum absolute atomic E-state index is 12.4. The Labute approximate surface area is 241 Å². The molecule has 3 aromatic rings. The molecule has 1 fully saturated rings. The largest absolute Gasteiger partial charge is 0.496 e. The van der Waals surface area contributed by atoms with Crippen molar-refractivity contribution in [2.75, 3.05) is 13.7 Å². The molecule has 2 heterocycles. The molecule has 2 aromatic carbocycles. The van der Waals surface area contributed by atoms with Crippen LogP contribution in [0, 0.1) is 0 Å². The third-order valence-corrected chi connectivity index (χ3v) is 7.43. The van der Waals surface area contributed by atoms with E-state index in [9.17, 15) is 19.2 Å². The highest BCUT2D eigenvalue weighted by molar-refractivity contribution is 7.09. The highest BCUT2D eigenvalue weighted by Gasteiger charge is 2.53. The Morgan fingerprint density at radius 1 is 0.805 bits per heavy atom. The van der Waals surface area contributed by atoms with Gasteiger partial charge in [-0.05, 0) is 28.5 Å². The third-order valence-electron chi connectivity index (χ3n) is 6.55. The molecule has 0 N–H and O–H groups in total. The predicted octanol–water partition coefficient (Wildman–Crippen LogP) is 4.30. The lowest BCUT2D eigenvalue weighted by molar-refractivity contribution is -0.254. The van der Waals surface area contributed by atoms with Crippen molar-refractivity contribution in [3.05, 3.63) is 63.8 Å². The molecule has 0 bridgehead atoms. The van der Waals surface area contributed by atoms with Crippen LogP contribution in [0.25, 0.3) is 10.8 Å². The predicted molar refractivity (Wildman–Crippen MR) is 149 cm³/mol. The lowest BCUT2D eigenvalue weighted by atomic mass is 9.86. The Kier molecular flexibility index (Phi) is 9.61. The minimum absolute atomic E-state index is 0.301. The van der Waals surface area contributed by atoms with Crippen LogP contribution in [0.1, 0.15) is 49.8 Å². The van der Waals surface area contributed by atoms with Gasteiger partial charge < -0.3 is 28.4 Å². The van der Waals surface area contributed by atoms with Gasteiger partial charge in [-0.1, -0.05) is 30.3 Å². The zero-order valence-corrected chi connectivity index (χ0v) is 24.2. The number of hydrogen-bond donors (Lipinski definition) is 0. The van der Waals surface area contributed by atoms with Gasteiger partial charge in [0.1, 0.15) is 24.6 Å². The summed E-state index contributed by atoms with van der Waals surface area (Å²) in [7, 11) is 1.60. The Balaban J connectivity index is 1.93. The zero-order chi connectivity index (χ0) is 29.7. The quantitative estimate of drug-likeness (QED) is 0.266. The first-order chi connectivity index (χ1) is 19.6. The van der Waals surface area contributed by atoms with Crippen LogP contribution in [0.3, 0.4) is 0 Å². The molecule has 0 spiro atoms. The summed E-state index contributed by atoms with van der Waals surface area (Å²) in [6.45, 7) is 4.55. The van der Waals surface area contributed by atoms with E-state index in [-0.39, 0.29) is 6.61 Å². The van der Waals surface area contributed by atoms with Crippen molar-refractivity contribution in [3.63, 3.8) is 0 Å². The zero-order valence-electron chi connectivity index (χ0n) is 23.4. The number of benzene rings is 2. The topological polar surface area (TPSA) is 124 Å². The van der Waals surface area contributed by atoms with Crippen LogP contribution in [0.2, 0.25) is 0 Å². The second-order valence-electron chi connectivity index (χ2n) is 9.58. The Morgan fingerprint density at radius 3 is 2.02 bits per heavy atom. The molecule has 10 nitrogen and oxygen atoms in total. The monoisotopic (exact) mass is 584 g/mol. The Hall–Kier alpha value is -3.96. The average Bonchev–Trinajstić information content (AvgIpc) is 3.42. The number of carbonyl (C=O) groups excluding carboxylic acids is 4. The van der Waals surface area contributed by atoms with Crippen LogP contribution in [0.4, 0.5) is 0 Å². The van der Waals surface area contributed by atoms with Gasteiger partial charge in [-0.25, -0.2) is 0 Å². The van der Waals surface area contributed by atoms with E-state index < -0.39 is 54.4 Å². The fraction of sp³-hybridized carbons (Fsp3) is 0.400. The van der Waals surface area contributed by atoms with Gasteiger partial charge >= 0.3 is 23.9 Å². The van der Waals surface area contributed by atoms with E-state index in [1.54, 1.807) is 18.4 Å². The molecular weight excluding hydrogens is 552 g/mol. The smallest absolute Gasteiger partial charge is 0.303 e. The van der Waals surface area contributed by atoms with Gasteiger partial charge in [0, 0.05) is 49.9 Å². The van der Waals surface area contributed by atoms with Gasteiger partial charge in [-0.15, -0.1) is 11.3 Å². The Bertz CT molecular complexity index is 1420. The van der Waals surface area contributed by atoms with Crippen LogP contribution in [0.15, 0.2) is 47.8 Å². The molecule has 0 radical (unpaired) electrons. The summed E-state index contributed by atoms with van der Waals surface area (Å²) < 4.78 is 34.5. The number of esters is 4. The van der Waals surface area contributed by atoms with E-state index in [0.29, 0.717) is 17.7 Å². The van der Waals surface area contributed by atoms with E-state index >= 15 is 0 Å². The van der Waals surface area contributed by atoms with Gasteiger partial charge in [0.05, 0.1) is 7.11 Å².